The number of nitrogens with one attached hydrogen (secondary N) is 1. The Kier molecular flexibility index (Phi) is 4.97. The number of hydrogen-bond donors (Lipinski definition) is 2. The van der Waals surface area contributed by atoms with E-state index >= 15 is 0 Å². The normalized spacial score (nSPS) is 10.3. The summed E-state index contributed by atoms with van der Waals surface area (Å²) in [6.45, 7) is 4.76. The number of aliphatic carboxylic acids is 1. The molecule has 1 rings (SSSR count). The van der Waals surface area contributed by atoms with Gasteiger partial charge in [0.25, 0.3) is 0 Å². The second kappa shape index (κ2) is 6.25. The molecular formula is C13H19NO3. The van der Waals surface area contributed by atoms with E-state index in [0.29, 0.717) is 6.54 Å². The number of carbonyl (C=O) groups is 1. The zero-order valence-electron chi connectivity index (χ0n) is 10.5. The van der Waals surface area contributed by atoms with Gasteiger partial charge in [-0.25, -0.2) is 0 Å². The molecule has 0 heterocycles. The Hall–Kier alpha value is -1.55. The van der Waals surface area contributed by atoms with Crippen LogP contribution in [0.4, 0.5) is 0 Å². The van der Waals surface area contributed by atoms with Crippen molar-refractivity contribution in [2.45, 2.75) is 20.3 Å². The van der Waals surface area contributed by atoms with Crippen molar-refractivity contribution in [3.8, 4) is 5.75 Å². The summed E-state index contributed by atoms with van der Waals surface area (Å²) in [7, 11) is 1.66. The minimum Gasteiger partial charge on any atom is -0.496 e. The Morgan fingerprint density at radius 3 is 2.65 bits per heavy atom. The van der Waals surface area contributed by atoms with Crippen molar-refractivity contribution in [3.63, 3.8) is 0 Å². The van der Waals surface area contributed by atoms with E-state index in [0.717, 1.165) is 17.7 Å². The van der Waals surface area contributed by atoms with Crippen molar-refractivity contribution >= 4 is 5.97 Å². The highest BCUT2D eigenvalue weighted by molar-refractivity contribution is 5.68. The monoisotopic (exact) mass is 237 g/mol. The maximum absolute atomic E-state index is 10.3. The lowest BCUT2D eigenvalue weighted by Crippen LogP contribution is -2.24. The Morgan fingerprint density at radius 2 is 2.06 bits per heavy atom. The molecular weight excluding hydrogens is 218 g/mol. The first-order chi connectivity index (χ1) is 8.06. The fraction of sp³-hybridized carbons (Fsp3) is 0.462. The highest BCUT2D eigenvalue weighted by atomic mass is 16.5. The van der Waals surface area contributed by atoms with Crippen LogP contribution in [0, 0.1) is 13.8 Å². The van der Waals surface area contributed by atoms with Gasteiger partial charge in [-0.1, -0.05) is 6.07 Å². The van der Waals surface area contributed by atoms with E-state index in [4.69, 9.17) is 9.84 Å². The van der Waals surface area contributed by atoms with E-state index in [-0.39, 0.29) is 6.54 Å². The predicted molar refractivity (Wildman–Crippen MR) is 66.7 cm³/mol. The van der Waals surface area contributed by atoms with Gasteiger partial charge in [0.15, 0.2) is 0 Å². The molecule has 0 amide bonds. The van der Waals surface area contributed by atoms with E-state index < -0.39 is 5.97 Å². The van der Waals surface area contributed by atoms with E-state index in [1.807, 2.05) is 19.1 Å². The molecule has 0 aliphatic heterocycles. The molecule has 4 heteroatoms. The highest BCUT2D eigenvalue weighted by Gasteiger charge is 2.06. The largest absolute Gasteiger partial charge is 0.496 e. The third kappa shape index (κ3) is 3.75. The van der Waals surface area contributed by atoms with E-state index in [1.54, 1.807) is 7.11 Å². The van der Waals surface area contributed by atoms with Gasteiger partial charge >= 0.3 is 5.97 Å². The summed E-state index contributed by atoms with van der Waals surface area (Å²) in [4.78, 5) is 10.3. The zero-order chi connectivity index (χ0) is 12.8. The van der Waals surface area contributed by atoms with Crippen LogP contribution >= 0.6 is 0 Å². The van der Waals surface area contributed by atoms with Gasteiger partial charge in [-0.3, -0.25) is 4.79 Å². The van der Waals surface area contributed by atoms with Crippen LogP contribution in [0.25, 0.3) is 0 Å². The van der Waals surface area contributed by atoms with Crippen LogP contribution in [0.3, 0.4) is 0 Å². The molecule has 2 N–H and O–H groups in total. The first kappa shape index (κ1) is 13.5. The lowest BCUT2D eigenvalue weighted by atomic mass is 10.00. The predicted octanol–water partition coefficient (Wildman–Crippen LogP) is 1.53. The van der Waals surface area contributed by atoms with Crippen LogP contribution in [0.1, 0.15) is 16.7 Å². The Labute approximate surface area is 102 Å². The molecule has 0 spiro atoms. The topological polar surface area (TPSA) is 58.6 Å². The minimum absolute atomic E-state index is 0.00812. The summed E-state index contributed by atoms with van der Waals surface area (Å²) in [5.41, 5.74) is 3.57. The van der Waals surface area contributed by atoms with Crippen molar-refractivity contribution < 1.29 is 14.6 Å². The van der Waals surface area contributed by atoms with Crippen LogP contribution < -0.4 is 10.1 Å². The molecule has 0 atom stereocenters. The number of hydrogen-bond acceptors (Lipinski definition) is 3. The molecule has 0 unspecified atom stereocenters. The van der Waals surface area contributed by atoms with Gasteiger partial charge in [-0.2, -0.15) is 0 Å². The summed E-state index contributed by atoms with van der Waals surface area (Å²) >= 11 is 0. The Morgan fingerprint density at radius 1 is 1.35 bits per heavy atom. The number of methoxy groups -OCH3 is 1. The molecule has 94 valence electrons. The Bertz CT molecular complexity index is 402. The van der Waals surface area contributed by atoms with Gasteiger partial charge in [0.2, 0.25) is 0 Å². The fourth-order valence-electron chi connectivity index (χ4n) is 1.76. The molecule has 1 aromatic rings. The maximum atomic E-state index is 10.3. The number of ether oxygens (including phenoxy) is 1. The number of rotatable bonds is 6. The van der Waals surface area contributed by atoms with Crippen molar-refractivity contribution in [2.24, 2.45) is 0 Å². The van der Waals surface area contributed by atoms with Gasteiger partial charge < -0.3 is 15.2 Å². The number of carboxylic acid groups (broad SMARTS) is 1. The molecule has 0 aliphatic carbocycles. The van der Waals surface area contributed by atoms with Crippen molar-refractivity contribution in [2.75, 3.05) is 20.2 Å². The summed E-state index contributed by atoms with van der Waals surface area (Å²) in [6.07, 6.45) is 0.823. The zero-order valence-corrected chi connectivity index (χ0v) is 10.5. The summed E-state index contributed by atoms with van der Waals surface area (Å²) in [5, 5.41) is 11.4. The van der Waals surface area contributed by atoms with Crippen molar-refractivity contribution in [3.05, 3.63) is 28.8 Å². The smallest absolute Gasteiger partial charge is 0.317 e. The van der Waals surface area contributed by atoms with Crippen LogP contribution in [0.15, 0.2) is 12.1 Å². The highest BCUT2D eigenvalue weighted by Crippen LogP contribution is 2.23. The Balaban J connectivity index is 2.60. The first-order valence-electron chi connectivity index (χ1n) is 5.62. The lowest BCUT2D eigenvalue weighted by Gasteiger charge is -2.12. The molecule has 17 heavy (non-hydrogen) atoms. The summed E-state index contributed by atoms with van der Waals surface area (Å²) in [5.74, 6) is 0.0670. The van der Waals surface area contributed by atoms with Crippen molar-refractivity contribution in [1.82, 2.24) is 5.32 Å². The molecule has 0 bridgehead atoms. The van der Waals surface area contributed by atoms with E-state index in [9.17, 15) is 4.79 Å². The molecule has 4 nitrogen and oxygen atoms in total. The average Bonchev–Trinajstić information content (AvgIpc) is 2.29. The standard InChI is InChI=1S/C13H19NO3/c1-9-10(2)12(17-3)5-4-11(9)6-7-14-8-13(15)16/h4-5,14H,6-8H2,1-3H3,(H,15,16). The van der Waals surface area contributed by atoms with E-state index in [1.165, 1.54) is 11.1 Å². The van der Waals surface area contributed by atoms with Crippen LogP contribution in [0.2, 0.25) is 0 Å². The molecule has 1 aromatic carbocycles. The fourth-order valence-corrected chi connectivity index (χ4v) is 1.76. The molecule has 0 aromatic heterocycles. The van der Waals surface area contributed by atoms with Crippen LogP contribution in [0.5, 0.6) is 5.75 Å². The molecule has 0 aliphatic rings. The molecule has 0 saturated heterocycles. The summed E-state index contributed by atoms with van der Waals surface area (Å²) < 4.78 is 5.24. The van der Waals surface area contributed by atoms with Crippen molar-refractivity contribution in [1.29, 1.82) is 0 Å². The third-order valence-corrected chi connectivity index (χ3v) is 2.92. The second-order valence-corrected chi connectivity index (χ2v) is 4.00. The van der Waals surface area contributed by atoms with Gasteiger partial charge in [0.1, 0.15) is 5.75 Å². The van der Waals surface area contributed by atoms with Gasteiger partial charge in [-0.05, 0) is 49.6 Å². The minimum atomic E-state index is -0.826. The first-order valence-corrected chi connectivity index (χ1v) is 5.62. The maximum Gasteiger partial charge on any atom is 0.317 e. The molecule has 0 radical (unpaired) electrons. The van der Waals surface area contributed by atoms with Gasteiger partial charge in [0, 0.05) is 0 Å². The number of carboxylic acids is 1. The van der Waals surface area contributed by atoms with E-state index in [2.05, 4.69) is 12.2 Å². The molecule has 0 saturated carbocycles. The molecule has 0 fully saturated rings. The SMILES string of the molecule is COc1ccc(CCNCC(=O)O)c(C)c1C. The van der Waals surface area contributed by atoms with Gasteiger partial charge in [-0.15, -0.1) is 0 Å². The third-order valence-electron chi connectivity index (χ3n) is 2.92. The second-order valence-electron chi connectivity index (χ2n) is 4.00. The number of benzene rings is 1. The van der Waals surface area contributed by atoms with Crippen LogP contribution in [-0.4, -0.2) is 31.3 Å². The van der Waals surface area contributed by atoms with Crippen LogP contribution in [-0.2, 0) is 11.2 Å². The summed E-state index contributed by atoms with van der Waals surface area (Å²) in [6, 6.07) is 3.98. The average molecular weight is 237 g/mol. The quantitative estimate of drug-likeness (QED) is 0.737. The lowest BCUT2D eigenvalue weighted by molar-refractivity contribution is -0.135. The van der Waals surface area contributed by atoms with Gasteiger partial charge in [0.05, 0.1) is 13.7 Å².